The van der Waals surface area contributed by atoms with Crippen LogP contribution in [0.4, 0.5) is 0 Å². The first-order chi connectivity index (χ1) is 11.5. The molecule has 0 atom stereocenters. The molecule has 2 aliphatic rings. The fourth-order valence-corrected chi connectivity index (χ4v) is 3.65. The largest absolute Gasteiger partial charge is 0.393 e. The highest BCUT2D eigenvalue weighted by Crippen LogP contribution is 2.40. The third-order valence-electron chi connectivity index (χ3n) is 5.30. The van der Waals surface area contributed by atoms with Crippen LogP contribution in [-0.2, 0) is 0 Å². The first kappa shape index (κ1) is 15.6. The Morgan fingerprint density at radius 2 is 2.04 bits per heavy atom. The molecule has 4 heteroatoms. The van der Waals surface area contributed by atoms with Gasteiger partial charge in [0.15, 0.2) is 0 Å². The van der Waals surface area contributed by atoms with Crippen LogP contribution in [0, 0.1) is 12.8 Å². The minimum absolute atomic E-state index is 0.0660. The zero-order chi connectivity index (χ0) is 16.8. The predicted octanol–water partition coefficient (Wildman–Crippen LogP) is 3.26. The molecule has 4 nitrogen and oxygen atoms in total. The van der Waals surface area contributed by atoms with Crippen molar-refractivity contribution in [3.05, 3.63) is 41.1 Å². The van der Waals surface area contributed by atoms with Crippen LogP contribution in [0.1, 0.15) is 53.2 Å². The topological polar surface area (TPSA) is 53.4 Å². The quantitative estimate of drug-likeness (QED) is 0.939. The SMILES string of the molecule is Cc1ccc2nc(C3CC3)cc(C(=O)N(C)CC3CC(O)C3)c2c1. The summed E-state index contributed by atoms with van der Waals surface area (Å²) in [5.74, 6) is 1.01. The number of rotatable bonds is 4. The van der Waals surface area contributed by atoms with Crippen LogP contribution in [0.3, 0.4) is 0 Å². The molecular weight excluding hydrogens is 300 g/mol. The van der Waals surface area contributed by atoms with E-state index >= 15 is 0 Å². The summed E-state index contributed by atoms with van der Waals surface area (Å²) in [6.07, 6.45) is 3.79. The van der Waals surface area contributed by atoms with Crippen LogP contribution in [-0.4, -0.2) is 40.6 Å². The zero-order valence-corrected chi connectivity index (χ0v) is 14.3. The first-order valence-corrected chi connectivity index (χ1v) is 8.86. The molecule has 0 aliphatic heterocycles. The van der Waals surface area contributed by atoms with Crippen LogP contribution in [0.15, 0.2) is 24.3 Å². The Labute approximate surface area is 142 Å². The van der Waals surface area contributed by atoms with Gasteiger partial charge in [-0.3, -0.25) is 9.78 Å². The zero-order valence-electron chi connectivity index (χ0n) is 14.3. The van der Waals surface area contributed by atoms with Crippen molar-refractivity contribution in [2.24, 2.45) is 5.92 Å². The average molecular weight is 324 g/mol. The molecule has 1 amide bonds. The van der Waals surface area contributed by atoms with Crippen LogP contribution < -0.4 is 0 Å². The van der Waals surface area contributed by atoms with E-state index in [1.54, 1.807) is 0 Å². The fourth-order valence-electron chi connectivity index (χ4n) is 3.65. The summed E-state index contributed by atoms with van der Waals surface area (Å²) in [6, 6.07) is 8.15. The summed E-state index contributed by atoms with van der Waals surface area (Å²) >= 11 is 0. The van der Waals surface area contributed by atoms with Gasteiger partial charge in [0.05, 0.1) is 17.2 Å². The molecule has 2 fully saturated rings. The monoisotopic (exact) mass is 324 g/mol. The number of benzene rings is 1. The number of hydrogen-bond donors (Lipinski definition) is 1. The van der Waals surface area contributed by atoms with Crippen molar-refractivity contribution in [2.75, 3.05) is 13.6 Å². The number of fused-ring (bicyclic) bond motifs is 1. The van der Waals surface area contributed by atoms with Crippen molar-refractivity contribution in [2.45, 2.75) is 44.6 Å². The molecular formula is C20H24N2O2. The Morgan fingerprint density at radius 1 is 1.29 bits per heavy atom. The number of hydrogen-bond acceptors (Lipinski definition) is 3. The lowest BCUT2D eigenvalue weighted by Gasteiger charge is -2.34. The molecule has 4 rings (SSSR count). The van der Waals surface area contributed by atoms with Gasteiger partial charge >= 0.3 is 0 Å². The highest BCUT2D eigenvalue weighted by atomic mass is 16.3. The summed E-state index contributed by atoms with van der Waals surface area (Å²) in [6.45, 7) is 2.76. The maximum Gasteiger partial charge on any atom is 0.254 e. The van der Waals surface area contributed by atoms with E-state index in [-0.39, 0.29) is 12.0 Å². The van der Waals surface area contributed by atoms with Gasteiger partial charge in [-0.15, -0.1) is 0 Å². The number of aryl methyl sites for hydroxylation is 1. The van der Waals surface area contributed by atoms with Gasteiger partial charge < -0.3 is 10.0 Å². The smallest absolute Gasteiger partial charge is 0.254 e. The molecule has 0 spiro atoms. The molecule has 2 aliphatic carbocycles. The van der Waals surface area contributed by atoms with Crippen LogP contribution in [0.25, 0.3) is 10.9 Å². The summed E-state index contributed by atoms with van der Waals surface area (Å²) in [7, 11) is 1.87. The number of aliphatic hydroxyl groups excluding tert-OH is 1. The van der Waals surface area contributed by atoms with Gasteiger partial charge in [0, 0.05) is 30.6 Å². The third kappa shape index (κ3) is 2.91. The molecule has 1 aromatic carbocycles. The fraction of sp³-hybridized carbons (Fsp3) is 0.500. The van der Waals surface area contributed by atoms with Gasteiger partial charge in [0.25, 0.3) is 5.91 Å². The Bertz CT molecular complexity index is 792. The number of amides is 1. The summed E-state index contributed by atoms with van der Waals surface area (Å²) < 4.78 is 0. The lowest BCUT2D eigenvalue weighted by atomic mass is 9.82. The summed E-state index contributed by atoms with van der Waals surface area (Å²) in [4.78, 5) is 19.6. The second-order valence-corrected chi connectivity index (χ2v) is 7.57. The molecule has 1 N–H and O–H groups in total. The summed E-state index contributed by atoms with van der Waals surface area (Å²) in [5, 5.41) is 10.4. The van der Waals surface area contributed by atoms with Gasteiger partial charge in [-0.05, 0) is 56.7 Å². The van der Waals surface area contributed by atoms with E-state index in [0.717, 1.165) is 40.6 Å². The summed E-state index contributed by atoms with van der Waals surface area (Å²) in [5.41, 5.74) is 3.89. The van der Waals surface area contributed by atoms with Crippen molar-refractivity contribution in [1.29, 1.82) is 0 Å². The molecule has 2 saturated carbocycles. The highest BCUT2D eigenvalue weighted by Gasteiger charge is 2.31. The Balaban J connectivity index is 1.67. The van der Waals surface area contributed by atoms with Crippen molar-refractivity contribution in [1.82, 2.24) is 9.88 Å². The lowest BCUT2D eigenvalue weighted by molar-refractivity contribution is 0.0266. The number of nitrogens with zero attached hydrogens (tertiary/aromatic N) is 2. The van der Waals surface area contributed by atoms with E-state index in [4.69, 9.17) is 4.98 Å². The number of carbonyl (C=O) groups is 1. The van der Waals surface area contributed by atoms with Crippen molar-refractivity contribution in [3.8, 4) is 0 Å². The maximum atomic E-state index is 13.1. The molecule has 126 valence electrons. The predicted molar refractivity (Wildman–Crippen MR) is 94.1 cm³/mol. The van der Waals surface area contributed by atoms with Gasteiger partial charge in [-0.25, -0.2) is 0 Å². The molecule has 0 saturated heterocycles. The number of carbonyl (C=O) groups excluding carboxylic acids is 1. The molecule has 2 aromatic rings. The minimum atomic E-state index is -0.177. The van der Waals surface area contributed by atoms with Crippen molar-refractivity contribution in [3.63, 3.8) is 0 Å². The Hall–Kier alpha value is -1.94. The number of pyridine rings is 1. The van der Waals surface area contributed by atoms with Gasteiger partial charge in [-0.1, -0.05) is 11.6 Å². The van der Waals surface area contributed by atoms with E-state index in [2.05, 4.69) is 12.1 Å². The van der Waals surface area contributed by atoms with Crippen LogP contribution in [0.2, 0.25) is 0 Å². The Morgan fingerprint density at radius 3 is 2.71 bits per heavy atom. The normalized spacial score (nSPS) is 23.1. The van der Waals surface area contributed by atoms with Gasteiger partial charge in [0.1, 0.15) is 0 Å². The molecule has 1 aromatic heterocycles. The van der Waals surface area contributed by atoms with E-state index in [9.17, 15) is 9.90 Å². The standard InChI is InChI=1S/C20H24N2O2/c1-12-3-6-18-16(7-12)17(10-19(21-18)14-4-5-14)20(24)22(2)11-13-8-15(23)9-13/h3,6-7,10,13-15,23H,4-5,8-9,11H2,1-2H3. The first-order valence-electron chi connectivity index (χ1n) is 8.86. The number of aromatic nitrogens is 1. The van der Waals surface area contributed by atoms with E-state index in [1.165, 1.54) is 12.8 Å². The minimum Gasteiger partial charge on any atom is -0.393 e. The maximum absolute atomic E-state index is 13.1. The number of aliphatic hydroxyl groups is 1. The molecule has 0 unspecified atom stereocenters. The molecule has 0 radical (unpaired) electrons. The second-order valence-electron chi connectivity index (χ2n) is 7.57. The van der Waals surface area contributed by atoms with E-state index in [0.29, 0.717) is 18.4 Å². The lowest BCUT2D eigenvalue weighted by Crippen LogP contribution is -2.39. The molecule has 0 bridgehead atoms. The molecule has 24 heavy (non-hydrogen) atoms. The highest BCUT2D eigenvalue weighted by molar-refractivity contribution is 6.06. The Kier molecular flexibility index (Phi) is 3.80. The van der Waals surface area contributed by atoms with Crippen molar-refractivity contribution >= 4 is 16.8 Å². The van der Waals surface area contributed by atoms with Crippen LogP contribution in [0.5, 0.6) is 0 Å². The van der Waals surface area contributed by atoms with Gasteiger partial charge in [-0.2, -0.15) is 0 Å². The average Bonchev–Trinajstić information content (AvgIpc) is 3.36. The van der Waals surface area contributed by atoms with Gasteiger partial charge in [0.2, 0.25) is 0 Å². The van der Waals surface area contributed by atoms with Crippen molar-refractivity contribution < 1.29 is 9.90 Å². The second kappa shape index (κ2) is 5.85. The van der Waals surface area contributed by atoms with E-state index < -0.39 is 0 Å². The molecule has 1 heterocycles. The van der Waals surface area contributed by atoms with Crippen LogP contribution >= 0.6 is 0 Å². The van der Waals surface area contributed by atoms with E-state index in [1.807, 2.05) is 31.0 Å². The third-order valence-corrected chi connectivity index (χ3v) is 5.30.